The Balaban J connectivity index is 1.46. The lowest BCUT2D eigenvalue weighted by atomic mass is 9.48. The Morgan fingerprint density at radius 2 is 1.82 bits per heavy atom. The van der Waals surface area contributed by atoms with Gasteiger partial charge in [-0.05, 0) is 80.0 Å². The number of carbonyl (C=O) groups is 1. The Morgan fingerprint density at radius 1 is 1.18 bits per heavy atom. The van der Waals surface area contributed by atoms with Crippen LogP contribution in [0, 0.1) is 23.1 Å². The number of halogens is 2. The van der Waals surface area contributed by atoms with Crippen LogP contribution >= 0.6 is 15.9 Å². The maximum Gasteiger partial charge on any atom is 0.224 e. The molecule has 1 aromatic carbocycles. The van der Waals surface area contributed by atoms with Crippen LogP contribution in [0.25, 0.3) is 0 Å². The minimum atomic E-state index is -0.277. The fraction of sp³-hybridized carbons (Fsp3) is 0.611. The molecule has 2 nitrogen and oxygen atoms in total. The monoisotopic (exact) mass is 365 g/mol. The molecule has 0 saturated heterocycles. The molecule has 1 amide bonds. The number of hydrogen-bond acceptors (Lipinski definition) is 1. The molecule has 4 bridgehead atoms. The Morgan fingerprint density at radius 3 is 2.41 bits per heavy atom. The van der Waals surface area contributed by atoms with Crippen LogP contribution in [0.4, 0.5) is 10.1 Å². The maximum absolute atomic E-state index is 12.9. The molecule has 0 heterocycles. The third kappa shape index (κ3) is 2.70. The van der Waals surface area contributed by atoms with Crippen LogP contribution in [0.1, 0.15) is 44.9 Å². The number of rotatable bonds is 3. The van der Waals surface area contributed by atoms with Gasteiger partial charge in [0.1, 0.15) is 5.82 Å². The van der Waals surface area contributed by atoms with Crippen molar-refractivity contribution in [2.45, 2.75) is 49.3 Å². The quantitative estimate of drug-likeness (QED) is 0.759. The van der Waals surface area contributed by atoms with Crippen molar-refractivity contribution in [1.82, 2.24) is 0 Å². The lowest BCUT2D eigenvalue weighted by molar-refractivity contribution is -0.123. The molecule has 22 heavy (non-hydrogen) atoms. The molecule has 2 atom stereocenters. The summed E-state index contributed by atoms with van der Waals surface area (Å²) in [4.78, 5) is 12.5. The van der Waals surface area contributed by atoms with E-state index < -0.39 is 0 Å². The van der Waals surface area contributed by atoms with Crippen LogP contribution in [0.2, 0.25) is 0 Å². The Hall–Kier alpha value is -0.900. The van der Waals surface area contributed by atoms with Gasteiger partial charge in [-0.25, -0.2) is 4.39 Å². The van der Waals surface area contributed by atoms with Crippen molar-refractivity contribution in [2.75, 3.05) is 5.32 Å². The highest BCUT2D eigenvalue weighted by Crippen LogP contribution is 2.65. The highest BCUT2D eigenvalue weighted by atomic mass is 79.9. The summed E-state index contributed by atoms with van der Waals surface area (Å²) in [6.07, 6.45) is 8.06. The maximum atomic E-state index is 12.9. The number of amides is 1. The Kier molecular flexibility index (Phi) is 3.37. The number of benzene rings is 1. The number of nitrogens with one attached hydrogen (secondary N) is 1. The molecule has 4 aliphatic carbocycles. The summed E-state index contributed by atoms with van der Waals surface area (Å²) >= 11 is 3.98. The first kappa shape index (κ1) is 14.7. The lowest BCUT2D eigenvalue weighted by Crippen LogP contribution is -2.53. The summed E-state index contributed by atoms with van der Waals surface area (Å²) in [6, 6.07) is 6.01. The Labute approximate surface area is 139 Å². The van der Waals surface area contributed by atoms with Gasteiger partial charge < -0.3 is 5.32 Å². The van der Waals surface area contributed by atoms with E-state index in [1.165, 1.54) is 44.2 Å². The second-order valence-electron chi connectivity index (χ2n) is 7.84. The normalized spacial score (nSPS) is 39.0. The summed E-state index contributed by atoms with van der Waals surface area (Å²) in [7, 11) is 0. The summed E-state index contributed by atoms with van der Waals surface area (Å²) in [6.45, 7) is 0. The van der Waals surface area contributed by atoms with Crippen molar-refractivity contribution in [3.8, 4) is 0 Å². The van der Waals surface area contributed by atoms with Crippen LogP contribution < -0.4 is 5.32 Å². The summed E-state index contributed by atoms with van der Waals surface area (Å²) in [5.41, 5.74) is 0.863. The van der Waals surface area contributed by atoms with Gasteiger partial charge in [0.15, 0.2) is 0 Å². The minimum Gasteiger partial charge on any atom is -0.326 e. The van der Waals surface area contributed by atoms with Gasteiger partial charge in [0.2, 0.25) is 5.91 Å². The zero-order chi connectivity index (χ0) is 15.4. The van der Waals surface area contributed by atoms with E-state index in [0.717, 1.165) is 18.3 Å². The smallest absolute Gasteiger partial charge is 0.224 e. The van der Waals surface area contributed by atoms with Crippen LogP contribution in [-0.2, 0) is 4.79 Å². The van der Waals surface area contributed by atoms with Gasteiger partial charge in [0.25, 0.3) is 0 Å². The largest absolute Gasteiger partial charge is 0.326 e. The summed E-state index contributed by atoms with van der Waals surface area (Å²) in [5.74, 6) is 1.38. The third-order valence-corrected chi connectivity index (χ3v) is 6.70. The standard InChI is InChI=1S/C18H21BrFNO/c19-18-8-12-5-13(9-18)7-17(6-12,11-18)10-16(22)21-15-3-1-14(20)2-4-15/h1-4,12-13H,5-11H2,(H,21,22)/t12-,13-,17?,18?/m0/s1. The third-order valence-electron chi connectivity index (χ3n) is 5.77. The molecule has 0 radical (unpaired) electrons. The molecule has 118 valence electrons. The van der Waals surface area contributed by atoms with Crippen molar-refractivity contribution in [3.63, 3.8) is 0 Å². The fourth-order valence-corrected chi connectivity index (χ4v) is 7.13. The molecule has 0 spiro atoms. The highest BCUT2D eigenvalue weighted by Gasteiger charge is 2.57. The SMILES string of the molecule is O=C(CC12C[C@@H]3C[C@H](CC(Br)(C3)C1)C2)Nc1ccc(F)cc1. The number of hydrogen-bond donors (Lipinski definition) is 1. The molecular weight excluding hydrogens is 345 g/mol. The topological polar surface area (TPSA) is 29.1 Å². The van der Waals surface area contributed by atoms with E-state index in [-0.39, 0.29) is 21.5 Å². The number of carbonyl (C=O) groups excluding carboxylic acids is 1. The number of anilines is 1. The molecule has 4 aliphatic rings. The van der Waals surface area contributed by atoms with Gasteiger partial charge in [-0.3, -0.25) is 4.79 Å². The molecule has 0 unspecified atom stereocenters. The van der Waals surface area contributed by atoms with E-state index in [4.69, 9.17) is 0 Å². The first-order chi connectivity index (χ1) is 10.4. The highest BCUT2D eigenvalue weighted by molar-refractivity contribution is 9.10. The van der Waals surface area contributed by atoms with E-state index >= 15 is 0 Å². The van der Waals surface area contributed by atoms with Crippen molar-refractivity contribution in [3.05, 3.63) is 30.1 Å². The molecule has 1 N–H and O–H groups in total. The predicted molar refractivity (Wildman–Crippen MR) is 88.4 cm³/mol. The zero-order valence-electron chi connectivity index (χ0n) is 12.6. The molecule has 0 aliphatic heterocycles. The molecular formula is C18H21BrFNO. The lowest BCUT2D eigenvalue weighted by Gasteiger charge is -2.60. The van der Waals surface area contributed by atoms with Crippen molar-refractivity contribution < 1.29 is 9.18 Å². The molecule has 4 fully saturated rings. The molecule has 4 heteroatoms. The fourth-order valence-electron chi connectivity index (χ4n) is 5.62. The summed E-state index contributed by atoms with van der Waals surface area (Å²) in [5, 5.41) is 2.94. The van der Waals surface area contributed by atoms with E-state index in [9.17, 15) is 9.18 Å². The average Bonchev–Trinajstić information content (AvgIpc) is 2.37. The van der Waals surface area contributed by atoms with E-state index in [1.807, 2.05) is 0 Å². The number of alkyl halides is 1. The first-order valence-electron chi connectivity index (χ1n) is 8.18. The van der Waals surface area contributed by atoms with Gasteiger partial charge in [-0.2, -0.15) is 0 Å². The van der Waals surface area contributed by atoms with Gasteiger partial charge >= 0.3 is 0 Å². The molecule has 5 rings (SSSR count). The van der Waals surface area contributed by atoms with Gasteiger partial charge in [0, 0.05) is 16.4 Å². The van der Waals surface area contributed by atoms with E-state index in [2.05, 4.69) is 21.2 Å². The van der Waals surface area contributed by atoms with Crippen LogP contribution in [0.15, 0.2) is 24.3 Å². The molecule has 4 saturated carbocycles. The first-order valence-corrected chi connectivity index (χ1v) is 8.97. The zero-order valence-corrected chi connectivity index (χ0v) is 14.2. The summed E-state index contributed by atoms with van der Waals surface area (Å²) < 4.78 is 13.2. The van der Waals surface area contributed by atoms with Crippen molar-refractivity contribution >= 4 is 27.5 Å². The van der Waals surface area contributed by atoms with Crippen molar-refractivity contribution in [1.29, 1.82) is 0 Å². The minimum absolute atomic E-state index is 0.0738. The van der Waals surface area contributed by atoms with Gasteiger partial charge in [-0.15, -0.1) is 0 Å². The van der Waals surface area contributed by atoms with E-state index in [1.54, 1.807) is 12.1 Å². The van der Waals surface area contributed by atoms with Gasteiger partial charge in [-0.1, -0.05) is 15.9 Å². The molecule has 0 aromatic heterocycles. The Bertz CT molecular complexity index is 586. The van der Waals surface area contributed by atoms with Crippen LogP contribution in [0.5, 0.6) is 0 Å². The average molecular weight is 366 g/mol. The van der Waals surface area contributed by atoms with Crippen LogP contribution in [0.3, 0.4) is 0 Å². The predicted octanol–water partition coefficient (Wildman–Crippen LogP) is 4.89. The van der Waals surface area contributed by atoms with Gasteiger partial charge in [0.05, 0.1) is 0 Å². The van der Waals surface area contributed by atoms with Crippen LogP contribution in [-0.4, -0.2) is 10.2 Å². The molecule has 1 aromatic rings. The second kappa shape index (κ2) is 5.05. The second-order valence-corrected chi connectivity index (χ2v) is 9.53. The van der Waals surface area contributed by atoms with Crippen molar-refractivity contribution in [2.24, 2.45) is 17.3 Å². The van der Waals surface area contributed by atoms with E-state index in [0.29, 0.717) is 12.1 Å².